The molecule has 0 saturated carbocycles. The Kier molecular flexibility index (Phi) is 7.56. The molecule has 2 rings (SSSR count). The third kappa shape index (κ3) is 5.92. The highest BCUT2D eigenvalue weighted by atomic mass is 35.5. The van der Waals surface area contributed by atoms with E-state index < -0.39 is 0 Å². The van der Waals surface area contributed by atoms with Crippen molar-refractivity contribution in [2.24, 2.45) is 5.73 Å². The standard InChI is InChI=1S/C19H22Cl2N2O2/c1-13-5-7-17(16(21)11-13)23-19(24)15-12-14(20)6-8-18(15)25-10-4-2-3-9-22/h5-8,11-12H,2-4,9-10,22H2,1H3,(H,23,24). The van der Waals surface area contributed by atoms with Crippen LogP contribution in [0.4, 0.5) is 5.69 Å². The Morgan fingerprint density at radius 2 is 1.92 bits per heavy atom. The van der Waals surface area contributed by atoms with Crippen molar-refractivity contribution in [2.45, 2.75) is 26.2 Å². The fourth-order valence-electron chi connectivity index (χ4n) is 2.32. The van der Waals surface area contributed by atoms with Crippen molar-refractivity contribution in [3.8, 4) is 5.75 Å². The minimum absolute atomic E-state index is 0.315. The molecule has 0 fully saturated rings. The van der Waals surface area contributed by atoms with Crippen LogP contribution < -0.4 is 15.8 Å². The van der Waals surface area contributed by atoms with Crippen molar-refractivity contribution in [3.63, 3.8) is 0 Å². The summed E-state index contributed by atoms with van der Waals surface area (Å²) in [6.45, 7) is 3.13. The summed E-state index contributed by atoms with van der Waals surface area (Å²) in [4.78, 5) is 12.6. The minimum atomic E-state index is -0.315. The summed E-state index contributed by atoms with van der Waals surface area (Å²) < 4.78 is 5.75. The highest BCUT2D eigenvalue weighted by Crippen LogP contribution is 2.27. The second-order valence-electron chi connectivity index (χ2n) is 5.78. The number of carbonyl (C=O) groups excluding carboxylic acids is 1. The van der Waals surface area contributed by atoms with Crippen LogP contribution in [-0.2, 0) is 0 Å². The van der Waals surface area contributed by atoms with Crippen molar-refractivity contribution >= 4 is 34.8 Å². The second-order valence-corrected chi connectivity index (χ2v) is 6.62. The molecule has 0 aromatic heterocycles. The molecule has 0 aliphatic carbocycles. The summed E-state index contributed by atoms with van der Waals surface area (Å²) in [5.74, 6) is 0.183. The summed E-state index contributed by atoms with van der Waals surface area (Å²) in [5.41, 5.74) is 7.42. The van der Waals surface area contributed by atoms with Crippen LogP contribution in [0.5, 0.6) is 5.75 Å². The maximum atomic E-state index is 12.6. The summed E-state index contributed by atoms with van der Waals surface area (Å²) in [6, 6.07) is 10.4. The fourth-order valence-corrected chi connectivity index (χ4v) is 2.78. The Balaban J connectivity index is 2.10. The smallest absolute Gasteiger partial charge is 0.259 e. The molecule has 0 spiro atoms. The van der Waals surface area contributed by atoms with Gasteiger partial charge in [-0.15, -0.1) is 0 Å². The van der Waals surface area contributed by atoms with Gasteiger partial charge in [-0.1, -0.05) is 29.3 Å². The van der Waals surface area contributed by atoms with Gasteiger partial charge in [-0.05, 0) is 68.6 Å². The first-order valence-electron chi connectivity index (χ1n) is 8.21. The van der Waals surface area contributed by atoms with Crippen molar-refractivity contribution in [2.75, 3.05) is 18.5 Å². The van der Waals surface area contributed by atoms with Gasteiger partial charge in [0.15, 0.2) is 0 Å². The third-order valence-electron chi connectivity index (χ3n) is 3.67. The molecule has 0 bridgehead atoms. The van der Waals surface area contributed by atoms with Crippen molar-refractivity contribution in [1.82, 2.24) is 0 Å². The Morgan fingerprint density at radius 1 is 1.12 bits per heavy atom. The summed E-state index contributed by atoms with van der Waals surface area (Å²) in [5, 5.41) is 3.76. The zero-order valence-electron chi connectivity index (χ0n) is 14.1. The highest BCUT2D eigenvalue weighted by Gasteiger charge is 2.15. The topological polar surface area (TPSA) is 64.3 Å². The molecule has 2 aromatic carbocycles. The van der Waals surface area contributed by atoms with Crippen LogP contribution in [0, 0.1) is 6.92 Å². The first-order valence-corrected chi connectivity index (χ1v) is 8.97. The summed E-state index contributed by atoms with van der Waals surface area (Å²) >= 11 is 12.2. The van der Waals surface area contributed by atoms with E-state index in [4.69, 9.17) is 33.7 Å². The van der Waals surface area contributed by atoms with Gasteiger partial charge in [0.05, 0.1) is 22.9 Å². The molecule has 1 amide bonds. The van der Waals surface area contributed by atoms with Gasteiger partial charge in [0.25, 0.3) is 5.91 Å². The number of aryl methyl sites for hydroxylation is 1. The molecule has 4 nitrogen and oxygen atoms in total. The molecular weight excluding hydrogens is 359 g/mol. The van der Waals surface area contributed by atoms with Gasteiger partial charge in [-0.25, -0.2) is 0 Å². The predicted octanol–water partition coefficient (Wildman–Crippen LogP) is 5.06. The number of ether oxygens (including phenoxy) is 1. The molecule has 0 radical (unpaired) electrons. The Bertz CT molecular complexity index is 735. The molecule has 6 heteroatoms. The van der Waals surface area contributed by atoms with E-state index in [1.165, 1.54) is 0 Å². The van der Waals surface area contributed by atoms with Gasteiger partial charge in [0.2, 0.25) is 0 Å². The first-order chi connectivity index (χ1) is 12.0. The zero-order valence-corrected chi connectivity index (χ0v) is 15.7. The van der Waals surface area contributed by atoms with Crippen LogP contribution in [0.3, 0.4) is 0 Å². The number of nitrogens with one attached hydrogen (secondary N) is 1. The maximum absolute atomic E-state index is 12.6. The van der Waals surface area contributed by atoms with Crippen LogP contribution in [0.25, 0.3) is 0 Å². The highest BCUT2D eigenvalue weighted by molar-refractivity contribution is 6.34. The molecule has 25 heavy (non-hydrogen) atoms. The number of benzene rings is 2. The molecule has 0 atom stereocenters. The van der Waals surface area contributed by atoms with E-state index in [9.17, 15) is 4.79 Å². The number of anilines is 1. The average Bonchev–Trinajstić information content (AvgIpc) is 2.58. The minimum Gasteiger partial charge on any atom is -0.493 e. The van der Waals surface area contributed by atoms with Crippen LogP contribution >= 0.6 is 23.2 Å². The fraction of sp³-hybridized carbons (Fsp3) is 0.316. The summed E-state index contributed by atoms with van der Waals surface area (Å²) in [7, 11) is 0. The number of rotatable bonds is 8. The number of halogens is 2. The molecule has 0 saturated heterocycles. The van der Waals surface area contributed by atoms with E-state index in [1.807, 2.05) is 13.0 Å². The van der Waals surface area contributed by atoms with E-state index in [-0.39, 0.29) is 5.91 Å². The van der Waals surface area contributed by atoms with Crippen molar-refractivity contribution in [3.05, 3.63) is 57.6 Å². The van der Waals surface area contributed by atoms with E-state index >= 15 is 0 Å². The quantitative estimate of drug-likeness (QED) is 0.628. The van der Waals surface area contributed by atoms with Crippen LogP contribution in [0.1, 0.15) is 35.2 Å². The van der Waals surface area contributed by atoms with Gasteiger partial charge in [0, 0.05) is 5.02 Å². The zero-order chi connectivity index (χ0) is 18.2. The predicted molar refractivity (Wildman–Crippen MR) is 104 cm³/mol. The summed E-state index contributed by atoms with van der Waals surface area (Å²) in [6.07, 6.45) is 2.83. The second kappa shape index (κ2) is 9.66. The van der Waals surface area contributed by atoms with Crippen LogP contribution in [-0.4, -0.2) is 19.1 Å². The number of unbranched alkanes of at least 4 members (excludes halogenated alkanes) is 2. The van der Waals surface area contributed by atoms with Gasteiger partial charge in [-0.2, -0.15) is 0 Å². The Hall–Kier alpha value is -1.75. The average molecular weight is 381 g/mol. The molecule has 134 valence electrons. The van der Waals surface area contributed by atoms with Crippen molar-refractivity contribution in [1.29, 1.82) is 0 Å². The number of nitrogens with two attached hydrogens (primary N) is 1. The monoisotopic (exact) mass is 380 g/mol. The Morgan fingerprint density at radius 3 is 2.64 bits per heavy atom. The van der Waals surface area contributed by atoms with Crippen LogP contribution in [0.2, 0.25) is 10.0 Å². The van der Waals surface area contributed by atoms with E-state index in [1.54, 1.807) is 30.3 Å². The van der Waals surface area contributed by atoms with Gasteiger partial charge in [0.1, 0.15) is 5.75 Å². The Labute approximate surface area is 158 Å². The number of hydrogen-bond acceptors (Lipinski definition) is 3. The lowest BCUT2D eigenvalue weighted by Gasteiger charge is -2.13. The molecule has 0 unspecified atom stereocenters. The maximum Gasteiger partial charge on any atom is 0.259 e. The first kappa shape index (κ1) is 19.6. The molecular formula is C19H22Cl2N2O2. The van der Waals surface area contributed by atoms with E-state index in [2.05, 4.69) is 5.32 Å². The molecule has 3 N–H and O–H groups in total. The van der Waals surface area contributed by atoms with Crippen molar-refractivity contribution < 1.29 is 9.53 Å². The van der Waals surface area contributed by atoms with Crippen LogP contribution in [0.15, 0.2) is 36.4 Å². The molecule has 0 aliphatic rings. The number of amides is 1. The molecule has 2 aromatic rings. The molecule has 0 heterocycles. The lowest BCUT2D eigenvalue weighted by Crippen LogP contribution is -2.14. The third-order valence-corrected chi connectivity index (χ3v) is 4.21. The van der Waals surface area contributed by atoms with Gasteiger partial charge < -0.3 is 15.8 Å². The van der Waals surface area contributed by atoms with E-state index in [0.29, 0.717) is 40.2 Å². The largest absolute Gasteiger partial charge is 0.493 e. The van der Waals surface area contributed by atoms with E-state index in [0.717, 1.165) is 24.8 Å². The number of carbonyl (C=O) groups is 1. The van der Waals surface area contributed by atoms with Gasteiger partial charge >= 0.3 is 0 Å². The molecule has 0 aliphatic heterocycles. The van der Waals surface area contributed by atoms with Gasteiger partial charge in [-0.3, -0.25) is 4.79 Å². The normalized spacial score (nSPS) is 10.6. The SMILES string of the molecule is Cc1ccc(NC(=O)c2cc(Cl)ccc2OCCCCCN)c(Cl)c1. The lowest BCUT2D eigenvalue weighted by molar-refractivity contribution is 0.102. The lowest BCUT2D eigenvalue weighted by atomic mass is 10.1. The number of hydrogen-bond donors (Lipinski definition) is 2.